The van der Waals surface area contributed by atoms with Crippen molar-refractivity contribution in [3.8, 4) is 0 Å². The van der Waals surface area contributed by atoms with Crippen molar-refractivity contribution in [3.05, 3.63) is 11.4 Å². The van der Waals surface area contributed by atoms with Crippen LogP contribution in [0.2, 0.25) is 0 Å². The molecule has 1 unspecified atom stereocenters. The highest BCUT2D eigenvalue weighted by Crippen LogP contribution is 2.22. The van der Waals surface area contributed by atoms with Gasteiger partial charge in [0.05, 0.1) is 19.3 Å². The first-order valence-electron chi connectivity index (χ1n) is 5.57. The largest absolute Gasteiger partial charge is 0.461 e. The zero-order valence-electron chi connectivity index (χ0n) is 10.1. The summed E-state index contributed by atoms with van der Waals surface area (Å²) in [4.78, 5) is 11.4. The van der Waals surface area contributed by atoms with Crippen molar-refractivity contribution >= 4 is 5.97 Å². The van der Waals surface area contributed by atoms with Gasteiger partial charge in [0.15, 0.2) is 5.69 Å². The standard InChI is InChI=1S/C10H15F2N3O3/c1-3-6(16)5-15-8(9(11)12)7(13-14-15)10(17)18-4-2/h6,9,16H,3-5H2,1-2H3. The number of aliphatic hydroxyl groups is 1. The maximum atomic E-state index is 12.9. The topological polar surface area (TPSA) is 77.2 Å². The zero-order valence-corrected chi connectivity index (χ0v) is 10.1. The van der Waals surface area contributed by atoms with Crippen molar-refractivity contribution < 1.29 is 23.4 Å². The Morgan fingerprint density at radius 2 is 2.17 bits per heavy atom. The maximum absolute atomic E-state index is 12.9. The molecule has 0 spiro atoms. The number of halogens is 2. The lowest BCUT2D eigenvalue weighted by Crippen LogP contribution is -2.19. The van der Waals surface area contributed by atoms with Gasteiger partial charge in [-0.3, -0.25) is 0 Å². The first-order valence-corrected chi connectivity index (χ1v) is 5.57. The normalized spacial score (nSPS) is 12.8. The van der Waals surface area contributed by atoms with Gasteiger partial charge in [0.1, 0.15) is 5.69 Å². The quantitative estimate of drug-likeness (QED) is 0.779. The number of carbonyl (C=O) groups is 1. The smallest absolute Gasteiger partial charge is 0.361 e. The van der Waals surface area contributed by atoms with Crippen LogP contribution in [-0.2, 0) is 11.3 Å². The van der Waals surface area contributed by atoms with Gasteiger partial charge in [0.2, 0.25) is 0 Å². The Morgan fingerprint density at radius 3 is 2.67 bits per heavy atom. The molecule has 0 aliphatic carbocycles. The molecule has 1 aromatic heterocycles. The number of hydrogen-bond acceptors (Lipinski definition) is 5. The number of esters is 1. The molecule has 8 heteroatoms. The number of ether oxygens (including phenoxy) is 1. The van der Waals surface area contributed by atoms with E-state index in [-0.39, 0.29) is 13.2 Å². The molecule has 1 aromatic rings. The lowest BCUT2D eigenvalue weighted by molar-refractivity contribution is 0.0505. The summed E-state index contributed by atoms with van der Waals surface area (Å²) in [5.74, 6) is -0.940. The molecule has 0 fully saturated rings. The van der Waals surface area contributed by atoms with E-state index in [2.05, 4.69) is 15.0 Å². The van der Waals surface area contributed by atoms with Crippen molar-refractivity contribution in [2.24, 2.45) is 0 Å². The molecule has 0 saturated carbocycles. The first-order chi connectivity index (χ1) is 8.51. The van der Waals surface area contributed by atoms with Gasteiger partial charge in [-0.05, 0) is 13.3 Å². The van der Waals surface area contributed by atoms with Crippen LogP contribution in [0.5, 0.6) is 0 Å². The maximum Gasteiger partial charge on any atom is 0.361 e. The van der Waals surface area contributed by atoms with E-state index in [1.54, 1.807) is 13.8 Å². The third-order valence-electron chi connectivity index (χ3n) is 2.30. The molecule has 0 bridgehead atoms. The van der Waals surface area contributed by atoms with Gasteiger partial charge >= 0.3 is 5.97 Å². The molecule has 1 N–H and O–H groups in total. The summed E-state index contributed by atoms with van der Waals surface area (Å²) in [6, 6.07) is 0. The summed E-state index contributed by atoms with van der Waals surface area (Å²) in [6.45, 7) is 3.19. The Balaban J connectivity index is 3.03. The summed E-state index contributed by atoms with van der Waals surface area (Å²) < 4.78 is 31.2. The van der Waals surface area contributed by atoms with Gasteiger partial charge in [-0.15, -0.1) is 5.10 Å². The summed E-state index contributed by atoms with van der Waals surface area (Å²) in [5.41, 5.74) is -1.13. The van der Waals surface area contributed by atoms with Gasteiger partial charge in [0.25, 0.3) is 6.43 Å². The molecule has 102 valence electrons. The van der Waals surface area contributed by atoms with Crippen LogP contribution in [0.15, 0.2) is 0 Å². The van der Waals surface area contributed by atoms with Gasteiger partial charge in [-0.1, -0.05) is 12.1 Å². The average molecular weight is 263 g/mol. The predicted octanol–water partition coefficient (Wildman–Crippen LogP) is 1.16. The second kappa shape index (κ2) is 6.39. The summed E-state index contributed by atoms with van der Waals surface area (Å²) in [7, 11) is 0. The number of carbonyl (C=O) groups excluding carboxylic acids is 1. The van der Waals surface area contributed by atoms with Crippen molar-refractivity contribution in [1.29, 1.82) is 0 Å². The second-order valence-corrected chi connectivity index (χ2v) is 3.59. The SMILES string of the molecule is CCOC(=O)c1nnn(CC(O)CC)c1C(F)F. The predicted molar refractivity (Wildman–Crippen MR) is 57.2 cm³/mol. The number of aromatic nitrogens is 3. The second-order valence-electron chi connectivity index (χ2n) is 3.59. The number of hydrogen-bond donors (Lipinski definition) is 1. The van der Waals surface area contributed by atoms with E-state index in [1.807, 2.05) is 0 Å². The highest BCUT2D eigenvalue weighted by atomic mass is 19.3. The Bertz CT molecular complexity index is 409. The lowest BCUT2D eigenvalue weighted by atomic mass is 10.2. The molecule has 0 aliphatic heterocycles. The fourth-order valence-corrected chi connectivity index (χ4v) is 1.34. The number of aliphatic hydroxyl groups excluding tert-OH is 1. The molecule has 1 rings (SSSR count). The third-order valence-corrected chi connectivity index (χ3v) is 2.30. The molecule has 18 heavy (non-hydrogen) atoms. The van der Waals surface area contributed by atoms with E-state index in [4.69, 9.17) is 0 Å². The van der Waals surface area contributed by atoms with Crippen LogP contribution in [0.25, 0.3) is 0 Å². The number of rotatable bonds is 6. The summed E-state index contributed by atoms with van der Waals surface area (Å²) in [5, 5.41) is 16.3. The molecule has 0 aromatic carbocycles. The van der Waals surface area contributed by atoms with E-state index in [0.717, 1.165) is 4.68 Å². The molecule has 0 saturated heterocycles. The van der Waals surface area contributed by atoms with Crippen LogP contribution < -0.4 is 0 Å². The molecule has 1 atom stereocenters. The van der Waals surface area contributed by atoms with Crippen molar-refractivity contribution in [1.82, 2.24) is 15.0 Å². The highest BCUT2D eigenvalue weighted by molar-refractivity contribution is 5.88. The number of nitrogens with zero attached hydrogens (tertiary/aromatic N) is 3. The molecule has 0 amide bonds. The molecule has 0 aliphatic rings. The van der Waals surface area contributed by atoms with Crippen molar-refractivity contribution in [2.75, 3.05) is 6.61 Å². The van der Waals surface area contributed by atoms with E-state index >= 15 is 0 Å². The summed E-state index contributed by atoms with van der Waals surface area (Å²) >= 11 is 0. The fraction of sp³-hybridized carbons (Fsp3) is 0.700. The minimum absolute atomic E-state index is 0.0615. The Morgan fingerprint density at radius 1 is 1.50 bits per heavy atom. The van der Waals surface area contributed by atoms with Crippen LogP contribution in [0.3, 0.4) is 0 Å². The lowest BCUT2D eigenvalue weighted by Gasteiger charge is -2.10. The highest BCUT2D eigenvalue weighted by Gasteiger charge is 2.28. The zero-order chi connectivity index (χ0) is 13.7. The van der Waals surface area contributed by atoms with E-state index < -0.39 is 29.9 Å². The van der Waals surface area contributed by atoms with Gasteiger partial charge in [0, 0.05) is 0 Å². The Labute approximate surface area is 103 Å². The van der Waals surface area contributed by atoms with Crippen LogP contribution in [0, 0.1) is 0 Å². The third kappa shape index (κ3) is 3.22. The van der Waals surface area contributed by atoms with Gasteiger partial charge in [-0.25, -0.2) is 18.3 Å². The van der Waals surface area contributed by atoms with Crippen molar-refractivity contribution in [2.45, 2.75) is 39.3 Å². The molecule has 0 radical (unpaired) electrons. The van der Waals surface area contributed by atoms with E-state index in [0.29, 0.717) is 6.42 Å². The number of alkyl halides is 2. The molecule has 6 nitrogen and oxygen atoms in total. The summed E-state index contributed by atoms with van der Waals surface area (Å²) in [6.07, 6.45) is -3.35. The van der Waals surface area contributed by atoms with Crippen molar-refractivity contribution in [3.63, 3.8) is 0 Å². The minimum Gasteiger partial charge on any atom is -0.461 e. The van der Waals surface area contributed by atoms with Crippen LogP contribution in [0.4, 0.5) is 8.78 Å². The minimum atomic E-state index is -2.91. The molecular formula is C10H15F2N3O3. The average Bonchev–Trinajstić information content (AvgIpc) is 2.73. The van der Waals surface area contributed by atoms with E-state index in [1.165, 1.54) is 0 Å². The monoisotopic (exact) mass is 263 g/mol. The molecular weight excluding hydrogens is 248 g/mol. The Kier molecular flexibility index (Phi) is 5.14. The van der Waals surface area contributed by atoms with Gasteiger partial charge in [-0.2, -0.15) is 0 Å². The van der Waals surface area contributed by atoms with Gasteiger partial charge < -0.3 is 9.84 Å². The fourth-order valence-electron chi connectivity index (χ4n) is 1.34. The Hall–Kier alpha value is -1.57. The van der Waals surface area contributed by atoms with Crippen LogP contribution in [0.1, 0.15) is 42.9 Å². The van der Waals surface area contributed by atoms with E-state index in [9.17, 15) is 18.7 Å². The first kappa shape index (κ1) is 14.5. The molecule has 1 heterocycles. The van der Waals surface area contributed by atoms with Crippen LogP contribution in [-0.4, -0.2) is 38.8 Å². The van der Waals surface area contributed by atoms with Crippen LogP contribution >= 0.6 is 0 Å².